The number of nitrogens with one attached hydrogen (secondary N) is 1. The van der Waals surface area contributed by atoms with E-state index in [4.69, 9.17) is 27.6 Å². The summed E-state index contributed by atoms with van der Waals surface area (Å²) in [7, 11) is 0. The molecule has 0 bridgehead atoms. The molecular formula is C19H14Cl2N4O2S. The number of carbonyl (C=O) groups excluding carboxylic acids is 1. The molecule has 9 heteroatoms. The van der Waals surface area contributed by atoms with Crippen molar-refractivity contribution >= 4 is 45.6 Å². The van der Waals surface area contributed by atoms with Gasteiger partial charge in [0.2, 0.25) is 0 Å². The number of carbonyl (C=O) groups is 1. The highest BCUT2D eigenvalue weighted by Gasteiger charge is 2.22. The molecule has 3 heterocycles. The van der Waals surface area contributed by atoms with Crippen molar-refractivity contribution in [3.63, 3.8) is 0 Å². The number of hydrogen-bond donors (Lipinski definition) is 1. The standard InChI is InChI=1S/C19H14Cl2N4O2S/c1-11-16(17(21)25(24-11)9-12-5-2-3-6-13(12)20)18(26)23-19-22-14(10-28-19)15-7-4-8-27-15/h2-8,10H,9H2,1H3,(H,22,23,26). The zero-order valence-electron chi connectivity index (χ0n) is 14.6. The van der Waals surface area contributed by atoms with Crippen LogP contribution in [0.5, 0.6) is 0 Å². The van der Waals surface area contributed by atoms with Gasteiger partial charge in [-0.25, -0.2) is 9.67 Å². The highest BCUT2D eigenvalue weighted by Crippen LogP contribution is 2.27. The van der Waals surface area contributed by atoms with Crippen LogP contribution in [-0.2, 0) is 6.54 Å². The van der Waals surface area contributed by atoms with Crippen molar-refractivity contribution in [1.29, 1.82) is 0 Å². The van der Waals surface area contributed by atoms with Gasteiger partial charge >= 0.3 is 0 Å². The van der Waals surface area contributed by atoms with Crippen LogP contribution in [-0.4, -0.2) is 20.7 Å². The third kappa shape index (κ3) is 3.69. The fourth-order valence-corrected chi connectivity index (χ4v) is 3.94. The van der Waals surface area contributed by atoms with E-state index in [1.807, 2.05) is 23.6 Å². The number of aromatic nitrogens is 3. The highest BCUT2D eigenvalue weighted by molar-refractivity contribution is 7.14. The van der Waals surface area contributed by atoms with Gasteiger partial charge in [-0.1, -0.05) is 41.4 Å². The van der Waals surface area contributed by atoms with Crippen molar-refractivity contribution in [1.82, 2.24) is 14.8 Å². The van der Waals surface area contributed by atoms with E-state index in [9.17, 15) is 4.79 Å². The second kappa shape index (κ2) is 7.79. The van der Waals surface area contributed by atoms with Gasteiger partial charge in [0.25, 0.3) is 5.91 Å². The van der Waals surface area contributed by atoms with Gasteiger partial charge in [-0.05, 0) is 30.7 Å². The molecule has 0 aliphatic rings. The Morgan fingerprint density at radius 3 is 2.82 bits per heavy atom. The van der Waals surface area contributed by atoms with Crippen molar-refractivity contribution in [2.45, 2.75) is 13.5 Å². The number of nitrogens with zero attached hydrogens (tertiary/aromatic N) is 3. The molecule has 0 saturated heterocycles. The minimum Gasteiger partial charge on any atom is -0.463 e. The summed E-state index contributed by atoms with van der Waals surface area (Å²) in [6, 6.07) is 11.0. The minimum absolute atomic E-state index is 0.248. The maximum absolute atomic E-state index is 12.8. The first-order valence-electron chi connectivity index (χ1n) is 8.30. The Bertz CT molecular complexity index is 1130. The molecule has 0 aliphatic heterocycles. The molecular weight excluding hydrogens is 419 g/mol. The summed E-state index contributed by atoms with van der Waals surface area (Å²) in [6.45, 7) is 2.10. The molecule has 4 aromatic rings. The SMILES string of the molecule is Cc1nn(Cc2ccccc2Cl)c(Cl)c1C(=O)Nc1nc(-c2ccco2)cs1. The van der Waals surface area contributed by atoms with Crippen LogP contribution in [0.2, 0.25) is 10.2 Å². The monoisotopic (exact) mass is 432 g/mol. The van der Waals surface area contributed by atoms with Gasteiger partial charge in [0, 0.05) is 10.4 Å². The number of rotatable bonds is 5. The number of aryl methyl sites for hydroxylation is 1. The Morgan fingerprint density at radius 2 is 2.07 bits per heavy atom. The fraction of sp³-hybridized carbons (Fsp3) is 0.105. The Balaban J connectivity index is 1.55. The zero-order chi connectivity index (χ0) is 19.7. The molecule has 0 radical (unpaired) electrons. The summed E-state index contributed by atoms with van der Waals surface area (Å²) in [5.41, 5.74) is 2.35. The molecule has 28 heavy (non-hydrogen) atoms. The minimum atomic E-state index is -0.367. The molecule has 6 nitrogen and oxygen atoms in total. The van der Waals surface area contributed by atoms with Crippen LogP contribution in [0.1, 0.15) is 21.6 Å². The largest absolute Gasteiger partial charge is 0.463 e. The van der Waals surface area contributed by atoms with E-state index in [-0.39, 0.29) is 11.1 Å². The van der Waals surface area contributed by atoms with Crippen molar-refractivity contribution in [3.05, 3.63) is 75.0 Å². The third-order valence-electron chi connectivity index (χ3n) is 4.07. The van der Waals surface area contributed by atoms with Gasteiger partial charge in [-0.2, -0.15) is 5.10 Å². The molecule has 1 amide bonds. The Kier molecular flexibility index (Phi) is 5.21. The van der Waals surface area contributed by atoms with E-state index in [0.29, 0.717) is 39.4 Å². The van der Waals surface area contributed by atoms with Crippen LogP contribution in [0.4, 0.5) is 5.13 Å². The van der Waals surface area contributed by atoms with E-state index in [1.54, 1.807) is 36.1 Å². The van der Waals surface area contributed by atoms with Crippen molar-refractivity contribution in [3.8, 4) is 11.5 Å². The third-order valence-corrected chi connectivity index (χ3v) is 5.58. The lowest BCUT2D eigenvalue weighted by Gasteiger charge is -2.06. The molecule has 0 saturated carbocycles. The zero-order valence-corrected chi connectivity index (χ0v) is 17.0. The van der Waals surface area contributed by atoms with Crippen molar-refractivity contribution in [2.24, 2.45) is 0 Å². The molecule has 1 N–H and O–H groups in total. The van der Waals surface area contributed by atoms with Crippen LogP contribution in [0, 0.1) is 6.92 Å². The maximum atomic E-state index is 12.8. The fourth-order valence-electron chi connectivity index (χ4n) is 2.73. The lowest BCUT2D eigenvalue weighted by atomic mass is 10.2. The topological polar surface area (TPSA) is 73.0 Å². The van der Waals surface area contributed by atoms with Crippen LogP contribution < -0.4 is 5.32 Å². The average Bonchev–Trinajstić information content (AvgIpc) is 3.38. The molecule has 1 aromatic carbocycles. The van der Waals surface area contributed by atoms with Crippen LogP contribution in [0.3, 0.4) is 0 Å². The summed E-state index contributed by atoms with van der Waals surface area (Å²) < 4.78 is 6.88. The second-order valence-corrected chi connectivity index (χ2v) is 7.59. The molecule has 4 rings (SSSR count). The van der Waals surface area contributed by atoms with Crippen LogP contribution in [0.25, 0.3) is 11.5 Å². The van der Waals surface area contributed by atoms with Gasteiger partial charge in [0.1, 0.15) is 10.8 Å². The summed E-state index contributed by atoms with van der Waals surface area (Å²) in [6.07, 6.45) is 1.57. The summed E-state index contributed by atoms with van der Waals surface area (Å²) in [4.78, 5) is 17.1. The molecule has 3 aromatic heterocycles. The number of thiazole rings is 1. The van der Waals surface area contributed by atoms with E-state index < -0.39 is 0 Å². The van der Waals surface area contributed by atoms with E-state index in [2.05, 4.69) is 15.4 Å². The average molecular weight is 433 g/mol. The molecule has 0 fully saturated rings. The van der Waals surface area contributed by atoms with E-state index in [1.165, 1.54) is 11.3 Å². The number of furan rings is 1. The predicted octanol–water partition coefficient (Wildman–Crippen LogP) is 5.52. The number of halogens is 2. The Labute approximate surface area is 174 Å². The first-order chi connectivity index (χ1) is 13.5. The maximum Gasteiger partial charge on any atom is 0.262 e. The Morgan fingerprint density at radius 1 is 1.25 bits per heavy atom. The summed E-state index contributed by atoms with van der Waals surface area (Å²) in [5.74, 6) is 0.270. The highest BCUT2D eigenvalue weighted by atomic mass is 35.5. The molecule has 0 aliphatic carbocycles. The van der Waals surface area contributed by atoms with E-state index >= 15 is 0 Å². The quantitative estimate of drug-likeness (QED) is 0.450. The van der Waals surface area contributed by atoms with Crippen LogP contribution in [0.15, 0.2) is 52.5 Å². The Hall–Kier alpha value is -2.61. The summed E-state index contributed by atoms with van der Waals surface area (Å²) >= 11 is 14.0. The first kappa shape index (κ1) is 18.7. The smallest absolute Gasteiger partial charge is 0.262 e. The van der Waals surface area contributed by atoms with Gasteiger partial charge < -0.3 is 4.42 Å². The second-order valence-electron chi connectivity index (χ2n) is 5.97. The van der Waals surface area contributed by atoms with Gasteiger partial charge in [0.15, 0.2) is 10.9 Å². The molecule has 0 spiro atoms. The normalized spacial score (nSPS) is 11.0. The molecule has 0 atom stereocenters. The molecule has 142 valence electrons. The number of anilines is 1. The van der Waals surface area contributed by atoms with Gasteiger partial charge in [-0.15, -0.1) is 11.3 Å². The van der Waals surface area contributed by atoms with Gasteiger partial charge in [0.05, 0.1) is 24.1 Å². The van der Waals surface area contributed by atoms with Gasteiger partial charge in [-0.3, -0.25) is 10.1 Å². The first-order valence-corrected chi connectivity index (χ1v) is 9.93. The summed E-state index contributed by atoms with van der Waals surface area (Å²) in [5, 5.41) is 10.3. The number of benzene rings is 1. The van der Waals surface area contributed by atoms with Crippen molar-refractivity contribution < 1.29 is 9.21 Å². The van der Waals surface area contributed by atoms with Crippen LogP contribution >= 0.6 is 34.5 Å². The lowest BCUT2D eigenvalue weighted by Crippen LogP contribution is -2.13. The number of amides is 1. The molecule has 0 unspecified atom stereocenters. The van der Waals surface area contributed by atoms with Crippen molar-refractivity contribution in [2.75, 3.05) is 5.32 Å². The lowest BCUT2D eigenvalue weighted by molar-refractivity contribution is 0.102. The van der Waals surface area contributed by atoms with E-state index in [0.717, 1.165) is 5.56 Å². The number of hydrogen-bond acceptors (Lipinski definition) is 5. The predicted molar refractivity (Wildman–Crippen MR) is 110 cm³/mol.